The predicted molar refractivity (Wildman–Crippen MR) is 115 cm³/mol. The molecule has 3 aromatic rings. The highest BCUT2D eigenvalue weighted by atomic mass is 127. The molecule has 2 unspecified atom stereocenters. The lowest BCUT2D eigenvalue weighted by molar-refractivity contribution is -0.0369. The maximum atomic E-state index is 14.9. The smallest absolute Gasteiger partial charge is 0.167 e. The highest BCUT2D eigenvalue weighted by molar-refractivity contribution is 14.1. The van der Waals surface area contributed by atoms with Gasteiger partial charge < -0.3 is 9.47 Å². The molecule has 1 aliphatic heterocycles. The number of nitrogens with zero attached hydrogens (tertiary/aromatic N) is 3. The van der Waals surface area contributed by atoms with Gasteiger partial charge in [0.2, 0.25) is 0 Å². The molecule has 1 fully saturated rings. The monoisotopic (exact) mass is 535 g/mol. The summed E-state index contributed by atoms with van der Waals surface area (Å²) in [6.07, 6.45) is 5.22. The van der Waals surface area contributed by atoms with Crippen molar-refractivity contribution in [3.63, 3.8) is 0 Å². The molecule has 28 heavy (non-hydrogen) atoms. The molecule has 1 aliphatic rings. The number of fused-ring (bicyclic) bond motifs is 1. The third-order valence-corrected chi connectivity index (χ3v) is 6.14. The van der Waals surface area contributed by atoms with Crippen molar-refractivity contribution in [2.75, 3.05) is 6.61 Å². The van der Waals surface area contributed by atoms with Crippen LogP contribution in [0.5, 0.6) is 5.75 Å². The first-order valence-electron chi connectivity index (χ1n) is 8.90. The average Bonchev–Trinajstić information content (AvgIpc) is 2.98. The van der Waals surface area contributed by atoms with Crippen LogP contribution in [0.2, 0.25) is 10.0 Å². The maximum absolute atomic E-state index is 14.9. The van der Waals surface area contributed by atoms with Crippen molar-refractivity contribution in [1.29, 1.82) is 0 Å². The molecule has 148 valence electrons. The van der Waals surface area contributed by atoms with Gasteiger partial charge in [-0.05, 0) is 54.8 Å². The number of hydrogen-bond donors (Lipinski definition) is 0. The maximum Gasteiger partial charge on any atom is 0.167 e. The number of rotatable bonds is 4. The highest BCUT2D eigenvalue weighted by Gasteiger charge is 2.23. The Labute approximate surface area is 185 Å². The number of benzene rings is 1. The Morgan fingerprint density at radius 3 is 2.71 bits per heavy atom. The van der Waals surface area contributed by atoms with E-state index in [1.54, 1.807) is 17.7 Å². The van der Waals surface area contributed by atoms with Gasteiger partial charge in [-0.25, -0.2) is 9.07 Å². The van der Waals surface area contributed by atoms with Crippen molar-refractivity contribution in [3.05, 3.63) is 49.7 Å². The molecule has 1 saturated heterocycles. The Balaban J connectivity index is 1.69. The summed E-state index contributed by atoms with van der Waals surface area (Å²) in [4.78, 5) is 3.93. The molecule has 2 aromatic heterocycles. The molecule has 0 bridgehead atoms. The molecule has 0 N–H and O–H groups in total. The van der Waals surface area contributed by atoms with Crippen LogP contribution in [0.4, 0.5) is 4.39 Å². The van der Waals surface area contributed by atoms with Crippen molar-refractivity contribution < 1.29 is 13.9 Å². The van der Waals surface area contributed by atoms with E-state index in [4.69, 9.17) is 32.7 Å². The van der Waals surface area contributed by atoms with Gasteiger partial charge in [-0.3, -0.25) is 4.98 Å². The standard InChI is InChI=1S/C19H17Cl2FIN3O2/c1-10(18-12(20)8-24-9-13(18)21)28-16-6-11-15(7-14(16)22)26(25-19(11)23)17-4-2-3-5-27-17/h6-10,17H,2-5H2,1H3. The first-order chi connectivity index (χ1) is 13.5. The fraction of sp³-hybridized carbons (Fsp3) is 0.368. The Morgan fingerprint density at radius 1 is 1.29 bits per heavy atom. The van der Waals surface area contributed by atoms with E-state index in [0.29, 0.717) is 27.7 Å². The number of pyridine rings is 1. The van der Waals surface area contributed by atoms with Gasteiger partial charge in [0.1, 0.15) is 9.80 Å². The molecule has 9 heteroatoms. The summed E-state index contributed by atoms with van der Waals surface area (Å²) in [7, 11) is 0. The lowest BCUT2D eigenvalue weighted by Gasteiger charge is -2.23. The van der Waals surface area contributed by atoms with Crippen molar-refractivity contribution in [3.8, 4) is 5.75 Å². The van der Waals surface area contributed by atoms with E-state index in [2.05, 4.69) is 32.7 Å². The lowest BCUT2D eigenvalue weighted by Crippen LogP contribution is -2.19. The molecule has 0 aliphatic carbocycles. The summed E-state index contributed by atoms with van der Waals surface area (Å²) in [6, 6.07) is 3.11. The second-order valence-corrected chi connectivity index (χ2v) is 8.47. The molecular formula is C19H17Cl2FIN3O2. The van der Waals surface area contributed by atoms with Crippen molar-refractivity contribution in [1.82, 2.24) is 14.8 Å². The number of ether oxygens (including phenoxy) is 2. The molecule has 0 radical (unpaired) electrons. The van der Waals surface area contributed by atoms with Crippen molar-refractivity contribution in [2.45, 2.75) is 38.5 Å². The molecule has 5 nitrogen and oxygen atoms in total. The SMILES string of the molecule is CC(Oc1cc2c(I)nn(C3CCCCO3)c2cc1F)c1c(Cl)cncc1Cl. The lowest BCUT2D eigenvalue weighted by atomic mass is 10.1. The van der Waals surface area contributed by atoms with Crippen LogP contribution < -0.4 is 4.74 Å². The van der Waals surface area contributed by atoms with Gasteiger partial charge in [0.15, 0.2) is 17.8 Å². The van der Waals surface area contributed by atoms with Crippen LogP contribution in [-0.4, -0.2) is 21.4 Å². The zero-order chi connectivity index (χ0) is 19.8. The molecule has 0 saturated carbocycles. The van der Waals surface area contributed by atoms with Gasteiger partial charge in [0.05, 0.1) is 15.6 Å². The Bertz CT molecular complexity index is 1000. The van der Waals surface area contributed by atoms with Crippen LogP contribution in [0.25, 0.3) is 10.9 Å². The average molecular weight is 536 g/mol. The zero-order valence-electron chi connectivity index (χ0n) is 15.0. The largest absolute Gasteiger partial charge is 0.483 e. The van der Waals surface area contributed by atoms with E-state index in [-0.39, 0.29) is 12.0 Å². The molecule has 0 amide bonds. The number of halogens is 4. The fourth-order valence-corrected chi connectivity index (χ4v) is 4.72. The Kier molecular flexibility index (Phi) is 5.96. The van der Waals surface area contributed by atoms with E-state index in [9.17, 15) is 4.39 Å². The topological polar surface area (TPSA) is 49.2 Å². The van der Waals surface area contributed by atoms with Gasteiger partial charge in [-0.15, -0.1) is 0 Å². The normalized spacial score (nSPS) is 18.4. The fourth-order valence-electron chi connectivity index (χ4n) is 3.39. The van der Waals surface area contributed by atoms with E-state index in [1.807, 2.05) is 0 Å². The van der Waals surface area contributed by atoms with E-state index in [1.165, 1.54) is 18.5 Å². The summed E-state index contributed by atoms with van der Waals surface area (Å²) in [5.74, 6) is -0.361. The molecule has 3 heterocycles. The van der Waals surface area contributed by atoms with Crippen LogP contribution in [-0.2, 0) is 4.74 Å². The Morgan fingerprint density at radius 2 is 2.04 bits per heavy atom. The third kappa shape index (κ3) is 3.81. The van der Waals surface area contributed by atoms with Gasteiger partial charge in [0.25, 0.3) is 0 Å². The van der Waals surface area contributed by atoms with E-state index >= 15 is 0 Å². The highest BCUT2D eigenvalue weighted by Crippen LogP contribution is 2.36. The summed E-state index contributed by atoms with van der Waals surface area (Å²) in [6.45, 7) is 2.46. The zero-order valence-corrected chi connectivity index (χ0v) is 18.6. The van der Waals surface area contributed by atoms with Crippen LogP contribution in [0.15, 0.2) is 24.5 Å². The summed E-state index contributed by atoms with van der Waals surface area (Å²) >= 11 is 14.5. The summed E-state index contributed by atoms with van der Waals surface area (Å²) in [5, 5.41) is 6.12. The third-order valence-electron chi connectivity index (χ3n) is 4.74. The predicted octanol–water partition coefficient (Wildman–Crippen LogP) is 6.32. The van der Waals surface area contributed by atoms with Crippen LogP contribution >= 0.6 is 45.8 Å². The van der Waals surface area contributed by atoms with Gasteiger partial charge in [-0.2, -0.15) is 5.10 Å². The first-order valence-corrected chi connectivity index (χ1v) is 10.7. The van der Waals surface area contributed by atoms with Gasteiger partial charge in [-0.1, -0.05) is 23.2 Å². The molecule has 2 atom stereocenters. The van der Waals surface area contributed by atoms with Crippen molar-refractivity contribution in [2.24, 2.45) is 0 Å². The number of aromatic nitrogens is 3. The molecule has 0 spiro atoms. The molecular weight excluding hydrogens is 519 g/mol. The van der Waals surface area contributed by atoms with Crippen molar-refractivity contribution >= 4 is 56.7 Å². The van der Waals surface area contributed by atoms with Gasteiger partial charge >= 0.3 is 0 Å². The quantitative estimate of drug-likeness (QED) is 0.367. The van der Waals surface area contributed by atoms with E-state index in [0.717, 1.165) is 28.3 Å². The summed E-state index contributed by atoms with van der Waals surface area (Å²) in [5.41, 5.74) is 1.26. The minimum atomic E-state index is -0.552. The van der Waals surface area contributed by atoms with Crippen LogP contribution in [0.3, 0.4) is 0 Å². The first kappa shape index (κ1) is 20.1. The van der Waals surface area contributed by atoms with Gasteiger partial charge in [0, 0.05) is 36.0 Å². The van der Waals surface area contributed by atoms with Crippen LogP contribution in [0.1, 0.15) is 44.1 Å². The van der Waals surface area contributed by atoms with E-state index < -0.39 is 11.9 Å². The molecule has 1 aromatic carbocycles. The minimum absolute atomic E-state index is 0.117. The number of hydrogen-bond acceptors (Lipinski definition) is 4. The summed E-state index contributed by atoms with van der Waals surface area (Å²) < 4.78 is 29.1. The second kappa shape index (κ2) is 8.30. The second-order valence-electron chi connectivity index (χ2n) is 6.63. The minimum Gasteiger partial charge on any atom is -0.483 e. The molecule has 4 rings (SSSR count). The Hall–Kier alpha value is -1.16. The van der Waals surface area contributed by atoms with Crippen LogP contribution in [0, 0.1) is 9.52 Å².